The Hall–Kier alpha value is -1.33. The first-order chi connectivity index (χ1) is 9.63. The number of hydrogen-bond acceptors (Lipinski definition) is 4. The number of nitrogens with zero attached hydrogens (tertiary/aromatic N) is 1. The highest BCUT2D eigenvalue weighted by atomic mass is 16.3. The molecule has 0 saturated carbocycles. The molecule has 0 aliphatic rings. The Kier molecular flexibility index (Phi) is 7.33. The molecule has 0 saturated heterocycles. The Morgan fingerprint density at radius 3 is 2.65 bits per heavy atom. The molecule has 1 rings (SSSR count). The zero-order valence-corrected chi connectivity index (χ0v) is 12.8. The van der Waals surface area contributed by atoms with Crippen LogP contribution in [0.1, 0.15) is 39.4 Å². The minimum Gasteiger partial charge on any atom is -0.467 e. The second-order valence-electron chi connectivity index (χ2n) is 4.97. The van der Waals surface area contributed by atoms with Gasteiger partial charge in [0.15, 0.2) is 0 Å². The largest absolute Gasteiger partial charge is 0.467 e. The fraction of sp³-hybridized carbons (Fsp3) is 0.667. The van der Waals surface area contributed by atoms with Crippen molar-refractivity contribution < 1.29 is 9.21 Å². The van der Waals surface area contributed by atoms with E-state index in [0.29, 0.717) is 19.1 Å². The van der Waals surface area contributed by atoms with E-state index in [4.69, 9.17) is 10.2 Å². The van der Waals surface area contributed by atoms with E-state index < -0.39 is 0 Å². The third kappa shape index (κ3) is 4.65. The van der Waals surface area contributed by atoms with E-state index in [1.54, 1.807) is 6.26 Å². The molecule has 5 heteroatoms. The zero-order chi connectivity index (χ0) is 15.0. The van der Waals surface area contributed by atoms with E-state index in [0.717, 1.165) is 25.1 Å². The maximum Gasteiger partial charge on any atom is 0.237 e. The molecule has 0 aliphatic carbocycles. The summed E-state index contributed by atoms with van der Waals surface area (Å²) < 4.78 is 5.21. The van der Waals surface area contributed by atoms with Crippen LogP contribution in [-0.2, 0) is 11.3 Å². The highest BCUT2D eigenvalue weighted by Gasteiger charge is 2.25. The van der Waals surface area contributed by atoms with E-state index in [9.17, 15) is 4.79 Å². The van der Waals surface area contributed by atoms with Crippen molar-refractivity contribution in [3.63, 3.8) is 0 Å². The predicted molar refractivity (Wildman–Crippen MR) is 80.1 cm³/mol. The summed E-state index contributed by atoms with van der Waals surface area (Å²) in [6.45, 7) is 7.95. The monoisotopic (exact) mass is 281 g/mol. The first-order valence-corrected chi connectivity index (χ1v) is 7.39. The highest BCUT2D eigenvalue weighted by Crippen LogP contribution is 2.12. The summed E-state index contributed by atoms with van der Waals surface area (Å²) in [7, 11) is 0. The van der Waals surface area contributed by atoms with Gasteiger partial charge in [0.1, 0.15) is 5.76 Å². The average molecular weight is 281 g/mol. The van der Waals surface area contributed by atoms with E-state index in [1.807, 2.05) is 19.1 Å². The molecule has 0 aliphatic heterocycles. The lowest BCUT2D eigenvalue weighted by Crippen LogP contribution is -2.51. The smallest absolute Gasteiger partial charge is 0.237 e. The van der Waals surface area contributed by atoms with Crippen molar-refractivity contribution in [3.05, 3.63) is 24.2 Å². The van der Waals surface area contributed by atoms with Crippen molar-refractivity contribution in [2.45, 2.75) is 52.2 Å². The van der Waals surface area contributed by atoms with Crippen LogP contribution in [0.4, 0.5) is 0 Å². The van der Waals surface area contributed by atoms with Crippen molar-refractivity contribution in [1.29, 1.82) is 0 Å². The molecule has 1 aromatic rings. The van der Waals surface area contributed by atoms with Gasteiger partial charge in [-0.3, -0.25) is 9.69 Å². The fourth-order valence-corrected chi connectivity index (χ4v) is 2.48. The zero-order valence-electron chi connectivity index (χ0n) is 12.8. The van der Waals surface area contributed by atoms with Gasteiger partial charge in [-0.15, -0.1) is 0 Å². The van der Waals surface area contributed by atoms with Crippen molar-refractivity contribution in [2.24, 2.45) is 5.73 Å². The minimum absolute atomic E-state index is 0.0155. The van der Waals surface area contributed by atoms with Crippen LogP contribution in [0.5, 0.6) is 0 Å². The van der Waals surface area contributed by atoms with Gasteiger partial charge in [0, 0.05) is 19.1 Å². The number of furan rings is 1. The summed E-state index contributed by atoms with van der Waals surface area (Å²) in [5.74, 6) is 0.778. The van der Waals surface area contributed by atoms with Gasteiger partial charge in [-0.05, 0) is 31.9 Å². The Balaban J connectivity index is 2.58. The van der Waals surface area contributed by atoms with E-state index >= 15 is 0 Å². The van der Waals surface area contributed by atoms with Crippen molar-refractivity contribution >= 4 is 5.91 Å². The second kappa shape index (κ2) is 8.76. The normalized spacial score (nSPS) is 12.9. The first kappa shape index (κ1) is 16.7. The van der Waals surface area contributed by atoms with E-state index in [2.05, 4.69) is 24.1 Å². The van der Waals surface area contributed by atoms with Gasteiger partial charge in [0.25, 0.3) is 0 Å². The van der Waals surface area contributed by atoms with Crippen LogP contribution in [0, 0.1) is 0 Å². The van der Waals surface area contributed by atoms with Gasteiger partial charge < -0.3 is 15.5 Å². The van der Waals surface area contributed by atoms with Crippen LogP contribution in [0.3, 0.4) is 0 Å². The molecule has 5 nitrogen and oxygen atoms in total. The number of nitrogens with two attached hydrogens (primary N) is 1. The van der Waals surface area contributed by atoms with Gasteiger partial charge in [0.2, 0.25) is 5.91 Å². The molecule has 1 amide bonds. The standard InChI is InChI=1S/C15H27N3O2/c1-4-13(5-2)18(9-8-16)12(3)15(19)17-11-14-7-6-10-20-14/h6-7,10,12-13H,4-5,8-9,11,16H2,1-3H3,(H,17,19). The first-order valence-electron chi connectivity index (χ1n) is 7.39. The summed E-state index contributed by atoms with van der Waals surface area (Å²) >= 11 is 0. The molecule has 1 aromatic heterocycles. The third-order valence-electron chi connectivity index (χ3n) is 3.69. The molecule has 1 unspecified atom stereocenters. The number of hydrogen-bond donors (Lipinski definition) is 2. The highest BCUT2D eigenvalue weighted by molar-refractivity contribution is 5.81. The van der Waals surface area contributed by atoms with Gasteiger partial charge in [-0.2, -0.15) is 0 Å². The van der Waals surface area contributed by atoms with Crippen LogP contribution >= 0.6 is 0 Å². The number of amides is 1. The Morgan fingerprint density at radius 2 is 2.15 bits per heavy atom. The second-order valence-corrected chi connectivity index (χ2v) is 4.97. The van der Waals surface area contributed by atoms with Crippen LogP contribution in [0.2, 0.25) is 0 Å². The molecule has 0 aromatic carbocycles. The Bertz CT molecular complexity index is 374. The molecular weight excluding hydrogens is 254 g/mol. The maximum absolute atomic E-state index is 12.3. The predicted octanol–water partition coefficient (Wildman–Crippen LogP) is 1.73. The van der Waals surface area contributed by atoms with Crippen molar-refractivity contribution in [2.75, 3.05) is 13.1 Å². The summed E-state index contributed by atoms with van der Waals surface area (Å²) in [5, 5.41) is 2.91. The van der Waals surface area contributed by atoms with Crippen LogP contribution < -0.4 is 11.1 Å². The molecule has 1 heterocycles. The molecule has 3 N–H and O–H groups in total. The minimum atomic E-state index is -0.182. The van der Waals surface area contributed by atoms with E-state index in [-0.39, 0.29) is 11.9 Å². The molecular formula is C15H27N3O2. The number of carbonyl (C=O) groups is 1. The lowest BCUT2D eigenvalue weighted by atomic mass is 10.1. The van der Waals surface area contributed by atoms with Gasteiger partial charge in [-0.1, -0.05) is 13.8 Å². The molecule has 114 valence electrons. The maximum atomic E-state index is 12.3. The lowest BCUT2D eigenvalue weighted by Gasteiger charge is -2.34. The summed E-state index contributed by atoms with van der Waals surface area (Å²) in [6, 6.07) is 3.88. The summed E-state index contributed by atoms with van der Waals surface area (Å²) in [4.78, 5) is 14.4. The average Bonchev–Trinajstić information content (AvgIpc) is 2.97. The van der Waals surface area contributed by atoms with Crippen LogP contribution in [0.15, 0.2) is 22.8 Å². The number of rotatable bonds is 9. The third-order valence-corrected chi connectivity index (χ3v) is 3.69. The number of carbonyl (C=O) groups excluding carboxylic acids is 1. The fourth-order valence-electron chi connectivity index (χ4n) is 2.48. The number of nitrogens with one attached hydrogen (secondary N) is 1. The Morgan fingerprint density at radius 1 is 1.45 bits per heavy atom. The SMILES string of the molecule is CCC(CC)N(CCN)C(C)C(=O)NCc1ccco1. The lowest BCUT2D eigenvalue weighted by molar-refractivity contribution is -0.127. The molecule has 0 spiro atoms. The molecule has 0 bridgehead atoms. The van der Waals surface area contributed by atoms with Crippen molar-refractivity contribution in [1.82, 2.24) is 10.2 Å². The van der Waals surface area contributed by atoms with Gasteiger partial charge >= 0.3 is 0 Å². The summed E-state index contributed by atoms with van der Waals surface area (Å²) in [6.07, 6.45) is 3.65. The molecule has 1 atom stereocenters. The molecule has 20 heavy (non-hydrogen) atoms. The van der Waals surface area contributed by atoms with Crippen LogP contribution in [-0.4, -0.2) is 36.0 Å². The Labute approximate surface area is 121 Å². The molecule has 0 radical (unpaired) electrons. The molecule has 0 fully saturated rings. The quantitative estimate of drug-likeness (QED) is 0.723. The topological polar surface area (TPSA) is 71.5 Å². The van der Waals surface area contributed by atoms with Gasteiger partial charge in [-0.25, -0.2) is 0 Å². The van der Waals surface area contributed by atoms with Gasteiger partial charge in [0.05, 0.1) is 18.8 Å². The summed E-state index contributed by atoms with van der Waals surface area (Å²) in [5.41, 5.74) is 5.68. The van der Waals surface area contributed by atoms with Crippen LogP contribution in [0.25, 0.3) is 0 Å². The van der Waals surface area contributed by atoms with Crippen molar-refractivity contribution in [3.8, 4) is 0 Å². The van der Waals surface area contributed by atoms with E-state index in [1.165, 1.54) is 0 Å².